The van der Waals surface area contributed by atoms with Crippen LogP contribution in [-0.4, -0.2) is 16.6 Å². The van der Waals surface area contributed by atoms with Gasteiger partial charge in [-0.2, -0.15) is 23.1 Å². The lowest BCUT2D eigenvalue weighted by molar-refractivity contribution is 0.204. The highest BCUT2D eigenvalue weighted by Gasteiger charge is 2.11. The van der Waals surface area contributed by atoms with Gasteiger partial charge in [-0.25, -0.2) is 0 Å². The molecule has 1 aromatic rings. The molecule has 0 saturated heterocycles. The Hall–Kier alpha value is 0.490. The maximum atomic E-state index is 9.68. The number of aliphatic hydroxyl groups is 1. The van der Waals surface area contributed by atoms with E-state index in [1.807, 2.05) is 10.8 Å². The lowest BCUT2D eigenvalue weighted by Crippen LogP contribution is -1.99. The molecule has 0 fully saturated rings. The van der Waals surface area contributed by atoms with Crippen LogP contribution in [0.15, 0.2) is 15.2 Å². The fourth-order valence-corrected chi connectivity index (χ4v) is 3.10. The molecule has 0 amide bonds. The van der Waals surface area contributed by atoms with E-state index < -0.39 is 0 Å². The zero-order chi connectivity index (χ0) is 8.97. The molecule has 1 unspecified atom stereocenters. The van der Waals surface area contributed by atoms with Gasteiger partial charge in [-0.3, -0.25) is 0 Å². The van der Waals surface area contributed by atoms with E-state index in [2.05, 4.69) is 22.9 Å². The molecule has 12 heavy (non-hydrogen) atoms. The minimum Gasteiger partial charge on any atom is -0.387 e. The van der Waals surface area contributed by atoms with Crippen molar-refractivity contribution in [2.75, 3.05) is 11.5 Å². The van der Waals surface area contributed by atoms with Gasteiger partial charge >= 0.3 is 0 Å². The van der Waals surface area contributed by atoms with Crippen LogP contribution in [0.2, 0.25) is 0 Å². The van der Waals surface area contributed by atoms with Gasteiger partial charge in [0.15, 0.2) is 0 Å². The Kier molecular flexibility index (Phi) is 4.64. The van der Waals surface area contributed by atoms with E-state index >= 15 is 0 Å². The van der Waals surface area contributed by atoms with Gasteiger partial charge in [0.05, 0.1) is 6.10 Å². The van der Waals surface area contributed by atoms with E-state index in [1.165, 1.54) is 0 Å². The molecular weight excluding hydrogens is 256 g/mol. The summed E-state index contributed by atoms with van der Waals surface area (Å²) in [6.45, 7) is 2.10. The Labute approximate surface area is 89.3 Å². The molecule has 1 rings (SSSR count). The average Bonchev–Trinajstić information content (AvgIpc) is 2.47. The second kappa shape index (κ2) is 5.27. The largest absolute Gasteiger partial charge is 0.387 e. The lowest BCUT2D eigenvalue weighted by atomic mass is 10.2. The van der Waals surface area contributed by atoms with Gasteiger partial charge in [-0.05, 0) is 27.1 Å². The molecule has 0 aliphatic rings. The Morgan fingerprint density at radius 2 is 2.42 bits per heavy atom. The minimum absolute atomic E-state index is 0.324. The normalized spacial score (nSPS) is 13.2. The van der Waals surface area contributed by atoms with Crippen molar-refractivity contribution in [3.05, 3.63) is 20.8 Å². The third-order valence-corrected chi connectivity index (χ3v) is 4.19. The van der Waals surface area contributed by atoms with E-state index in [0.717, 1.165) is 21.5 Å². The third kappa shape index (κ3) is 2.76. The van der Waals surface area contributed by atoms with Gasteiger partial charge in [-0.15, -0.1) is 0 Å². The van der Waals surface area contributed by atoms with Crippen molar-refractivity contribution in [2.45, 2.75) is 13.0 Å². The molecule has 1 N–H and O–H groups in total. The highest BCUT2D eigenvalue weighted by atomic mass is 79.9. The molecule has 1 atom stereocenters. The number of hydrogen-bond acceptors (Lipinski definition) is 3. The Bertz CT molecular complexity index is 237. The van der Waals surface area contributed by atoms with E-state index in [1.54, 1.807) is 23.1 Å². The number of rotatable bonds is 4. The molecule has 0 aromatic carbocycles. The van der Waals surface area contributed by atoms with Crippen molar-refractivity contribution in [3.63, 3.8) is 0 Å². The van der Waals surface area contributed by atoms with E-state index in [0.29, 0.717) is 0 Å². The number of aliphatic hydroxyl groups excluding tert-OH is 1. The Balaban J connectivity index is 2.52. The summed E-state index contributed by atoms with van der Waals surface area (Å²) in [5.41, 5.74) is 1.01. The second-order valence-corrected chi connectivity index (χ2v) is 5.27. The van der Waals surface area contributed by atoms with Crippen LogP contribution in [0.25, 0.3) is 0 Å². The molecule has 0 spiro atoms. The molecule has 4 heteroatoms. The van der Waals surface area contributed by atoms with Crippen LogP contribution in [-0.2, 0) is 0 Å². The van der Waals surface area contributed by atoms with Crippen LogP contribution in [0.3, 0.4) is 0 Å². The summed E-state index contributed by atoms with van der Waals surface area (Å²) in [7, 11) is 0. The molecule has 68 valence electrons. The summed E-state index contributed by atoms with van der Waals surface area (Å²) in [6.07, 6.45) is -0.324. The summed E-state index contributed by atoms with van der Waals surface area (Å²) in [6, 6.07) is 0. The monoisotopic (exact) mass is 266 g/mol. The first-order valence-electron chi connectivity index (χ1n) is 3.73. The van der Waals surface area contributed by atoms with Gasteiger partial charge in [-0.1, -0.05) is 6.92 Å². The second-order valence-electron chi connectivity index (χ2n) is 2.35. The molecule has 1 nitrogen and oxygen atoms in total. The molecule has 1 heterocycles. The summed E-state index contributed by atoms with van der Waals surface area (Å²) >= 11 is 6.77. The van der Waals surface area contributed by atoms with Crippen molar-refractivity contribution >= 4 is 39.0 Å². The first-order chi connectivity index (χ1) is 5.75. The number of thioether (sulfide) groups is 1. The van der Waals surface area contributed by atoms with Crippen molar-refractivity contribution in [1.29, 1.82) is 0 Å². The predicted molar refractivity (Wildman–Crippen MR) is 60.0 cm³/mol. The average molecular weight is 267 g/mol. The maximum Gasteiger partial charge on any atom is 0.0899 e. The highest BCUT2D eigenvalue weighted by molar-refractivity contribution is 9.10. The predicted octanol–water partition coefficient (Wildman–Crippen LogP) is 3.30. The molecule has 0 aliphatic heterocycles. The fraction of sp³-hybridized carbons (Fsp3) is 0.500. The maximum absolute atomic E-state index is 9.68. The number of thiophene rings is 1. The van der Waals surface area contributed by atoms with Gasteiger partial charge in [0.1, 0.15) is 0 Å². The van der Waals surface area contributed by atoms with Crippen LogP contribution < -0.4 is 0 Å². The molecule has 0 bridgehead atoms. The van der Waals surface area contributed by atoms with Crippen molar-refractivity contribution in [2.24, 2.45) is 0 Å². The first kappa shape index (κ1) is 10.6. The minimum atomic E-state index is -0.324. The van der Waals surface area contributed by atoms with E-state index in [-0.39, 0.29) is 6.10 Å². The Morgan fingerprint density at radius 1 is 1.67 bits per heavy atom. The van der Waals surface area contributed by atoms with Gasteiger partial charge in [0, 0.05) is 21.2 Å². The first-order valence-corrected chi connectivity index (χ1v) is 6.62. The molecule has 0 saturated carbocycles. The SMILES string of the molecule is CCSCC(O)c1cscc1Br. The van der Waals surface area contributed by atoms with Crippen molar-refractivity contribution in [1.82, 2.24) is 0 Å². The topological polar surface area (TPSA) is 20.2 Å². The van der Waals surface area contributed by atoms with Crippen molar-refractivity contribution < 1.29 is 5.11 Å². The molecule has 1 aromatic heterocycles. The zero-order valence-electron chi connectivity index (χ0n) is 6.79. The summed E-state index contributed by atoms with van der Waals surface area (Å²) in [5, 5.41) is 13.7. The van der Waals surface area contributed by atoms with Crippen LogP contribution >= 0.6 is 39.0 Å². The van der Waals surface area contributed by atoms with Gasteiger partial charge < -0.3 is 5.11 Å². The van der Waals surface area contributed by atoms with Crippen LogP contribution in [0, 0.1) is 0 Å². The van der Waals surface area contributed by atoms with Gasteiger partial charge in [0.2, 0.25) is 0 Å². The summed E-state index contributed by atoms with van der Waals surface area (Å²) in [5.74, 6) is 1.84. The van der Waals surface area contributed by atoms with Gasteiger partial charge in [0.25, 0.3) is 0 Å². The quantitative estimate of drug-likeness (QED) is 0.903. The van der Waals surface area contributed by atoms with E-state index in [9.17, 15) is 5.11 Å². The Morgan fingerprint density at radius 3 is 2.92 bits per heavy atom. The zero-order valence-corrected chi connectivity index (χ0v) is 10.0. The number of halogens is 1. The lowest BCUT2D eigenvalue weighted by Gasteiger charge is -2.07. The number of hydrogen-bond donors (Lipinski definition) is 1. The standard InChI is InChI=1S/C8H11BrOS2/c1-2-11-5-8(10)6-3-12-4-7(6)9/h3-4,8,10H,2,5H2,1H3. The van der Waals surface area contributed by atoms with Crippen LogP contribution in [0.1, 0.15) is 18.6 Å². The van der Waals surface area contributed by atoms with Crippen LogP contribution in [0.4, 0.5) is 0 Å². The highest BCUT2D eigenvalue weighted by Crippen LogP contribution is 2.29. The molecule has 0 radical (unpaired) electrons. The summed E-state index contributed by atoms with van der Waals surface area (Å²) in [4.78, 5) is 0. The molecule has 0 aliphatic carbocycles. The van der Waals surface area contributed by atoms with Crippen LogP contribution in [0.5, 0.6) is 0 Å². The third-order valence-electron chi connectivity index (χ3n) is 1.48. The van der Waals surface area contributed by atoms with E-state index in [4.69, 9.17) is 0 Å². The smallest absolute Gasteiger partial charge is 0.0899 e. The fourth-order valence-electron chi connectivity index (χ4n) is 0.848. The molecular formula is C8H11BrOS2. The summed E-state index contributed by atoms with van der Waals surface area (Å²) < 4.78 is 1.02. The van der Waals surface area contributed by atoms with Crippen molar-refractivity contribution in [3.8, 4) is 0 Å².